The Kier molecular flexibility index (Phi) is 3.66. The van der Waals surface area contributed by atoms with E-state index >= 15 is 0 Å². The molecular formula is C10H17N3OS. The van der Waals surface area contributed by atoms with Crippen molar-refractivity contribution < 1.29 is 4.74 Å². The minimum atomic E-state index is 0.200. The molecule has 2 heterocycles. The smallest absolute Gasteiger partial charge is 0.146 e. The summed E-state index contributed by atoms with van der Waals surface area (Å²) >= 11 is 1.68. The van der Waals surface area contributed by atoms with Crippen molar-refractivity contribution in [1.82, 2.24) is 15.5 Å². The van der Waals surface area contributed by atoms with Crippen LogP contribution in [0, 0.1) is 0 Å². The molecule has 0 amide bonds. The molecule has 4 nitrogen and oxygen atoms in total. The molecule has 1 aliphatic rings. The van der Waals surface area contributed by atoms with Crippen LogP contribution in [0.15, 0.2) is 0 Å². The molecule has 1 aromatic rings. The van der Waals surface area contributed by atoms with Crippen molar-refractivity contribution in [1.29, 1.82) is 0 Å². The van der Waals surface area contributed by atoms with Gasteiger partial charge in [0, 0.05) is 6.61 Å². The van der Waals surface area contributed by atoms with Gasteiger partial charge in [-0.1, -0.05) is 18.3 Å². The summed E-state index contributed by atoms with van der Waals surface area (Å²) in [6.45, 7) is 3.01. The van der Waals surface area contributed by atoms with Crippen LogP contribution in [0.5, 0.6) is 0 Å². The maximum absolute atomic E-state index is 5.59. The summed E-state index contributed by atoms with van der Waals surface area (Å²) in [6, 6.07) is 0.331. The minimum absolute atomic E-state index is 0.200. The summed E-state index contributed by atoms with van der Waals surface area (Å²) in [5, 5.41) is 13.8. The molecule has 2 rings (SSSR count). The van der Waals surface area contributed by atoms with E-state index in [1.165, 1.54) is 0 Å². The molecule has 1 saturated heterocycles. The average Bonchev–Trinajstić information content (AvgIpc) is 2.89. The van der Waals surface area contributed by atoms with Gasteiger partial charge in [-0.25, -0.2) is 0 Å². The minimum Gasteiger partial charge on any atom is -0.371 e. The largest absolute Gasteiger partial charge is 0.371 e. The van der Waals surface area contributed by atoms with E-state index in [1.54, 1.807) is 11.3 Å². The lowest BCUT2D eigenvalue weighted by Crippen LogP contribution is -2.14. The van der Waals surface area contributed by atoms with Crippen molar-refractivity contribution in [3.05, 3.63) is 10.0 Å². The summed E-state index contributed by atoms with van der Waals surface area (Å²) in [4.78, 5) is 0. The zero-order chi connectivity index (χ0) is 10.7. The van der Waals surface area contributed by atoms with Crippen LogP contribution in [-0.4, -0.2) is 23.9 Å². The van der Waals surface area contributed by atoms with Gasteiger partial charge in [-0.3, -0.25) is 0 Å². The van der Waals surface area contributed by atoms with E-state index in [2.05, 4.69) is 22.4 Å². The molecule has 0 radical (unpaired) electrons. The zero-order valence-corrected chi connectivity index (χ0v) is 10.0. The van der Waals surface area contributed by atoms with E-state index in [0.29, 0.717) is 6.04 Å². The highest BCUT2D eigenvalue weighted by Gasteiger charge is 2.23. The van der Waals surface area contributed by atoms with E-state index in [-0.39, 0.29) is 6.10 Å². The van der Waals surface area contributed by atoms with Crippen LogP contribution in [0.1, 0.15) is 48.3 Å². The van der Waals surface area contributed by atoms with Gasteiger partial charge < -0.3 is 10.1 Å². The van der Waals surface area contributed by atoms with Crippen LogP contribution in [0.25, 0.3) is 0 Å². The van der Waals surface area contributed by atoms with Crippen molar-refractivity contribution in [2.75, 3.05) is 13.7 Å². The number of hydrogen-bond acceptors (Lipinski definition) is 5. The molecule has 2 unspecified atom stereocenters. The molecule has 2 atom stereocenters. The van der Waals surface area contributed by atoms with Gasteiger partial charge in [0.1, 0.15) is 16.1 Å². The Balaban J connectivity index is 2.08. The predicted molar refractivity (Wildman–Crippen MR) is 59.9 cm³/mol. The number of nitrogens with zero attached hydrogens (tertiary/aromatic N) is 2. The number of ether oxygens (including phenoxy) is 1. The van der Waals surface area contributed by atoms with Crippen LogP contribution in [0.3, 0.4) is 0 Å². The fourth-order valence-corrected chi connectivity index (χ4v) is 2.91. The second kappa shape index (κ2) is 5.01. The van der Waals surface area contributed by atoms with Crippen molar-refractivity contribution in [3.8, 4) is 0 Å². The Morgan fingerprint density at radius 2 is 2.47 bits per heavy atom. The average molecular weight is 227 g/mol. The zero-order valence-electron chi connectivity index (χ0n) is 9.19. The fourth-order valence-electron chi connectivity index (χ4n) is 1.79. The molecule has 1 aromatic heterocycles. The first-order valence-electron chi connectivity index (χ1n) is 5.47. The van der Waals surface area contributed by atoms with Crippen molar-refractivity contribution in [2.24, 2.45) is 0 Å². The van der Waals surface area contributed by atoms with Gasteiger partial charge in [-0.15, -0.1) is 10.2 Å². The molecule has 15 heavy (non-hydrogen) atoms. The van der Waals surface area contributed by atoms with Crippen molar-refractivity contribution in [2.45, 2.75) is 38.3 Å². The third-order valence-corrected chi connectivity index (χ3v) is 3.85. The maximum Gasteiger partial charge on any atom is 0.146 e. The fraction of sp³-hybridized carbons (Fsp3) is 0.800. The molecule has 84 valence electrons. The Morgan fingerprint density at radius 1 is 1.60 bits per heavy atom. The number of hydrogen-bond donors (Lipinski definition) is 1. The van der Waals surface area contributed by atoms with Crippen LogP contribution in [-0.2, 0) is 4.74 Å². The predicted octanol–water partition coefficient (Wildman–Crippen LogP) is 2.06. The van der Waals surface area contributed by atoms with Gasteiger partial charge in [0.05, 0.1) is 6.04 Å². The topological polar surface area (TPSA) is 47.0 Å². The number of aromatic nitrogens is 2. The first kappa shape index (κ1) is 11.0. The van der Waals surface area contributed by atoms with E-state index in [0.717, 1.165) is 35.9 Å². The molecule has 0 bridgehead atoms. The second-order valence-corrected chi connectivity index (χ2v) is 4.77. The number of nitrogens with one attached hydrogen (secondary N) is 1. The van der Waals surface area contributed by atoms with Gasteiger partial charge in [0.2, 0.25) is 0 Å². The van der Waals surface area contributed by atoms with Crippen molar-refractivity contribution >= 4 is 11.3 Å². The highest BCUT2D eigenvalue weighted by Crippen LogP contribution is 2.32. The molecule has 0 aliphatic carbocycles. The second-order valence-electron chi connectivity index (χ2n) is 3.73. The van der Waals surface area contributed by atoms with Crippen LogP contribution in [0.2, 0.25) is 0 Å². The Morgan fingerprint density at radius 3 is 3.07 bits per heavy atom. The molecule has 5 heteroatoms. The van der Waals surface area contributed by atoms with Gasteiger partial charge in [0.15, 0.2) is 0 Å². The number of rotatable bonds is 4. The third kappa shape index (κ3) is 2.35. The first-order valence-corrected chi connectivity index (χ1v) is 6.29. The molecular weight excluding hydrogens is 210 g/mol. The third-order valence-electron chi connectivity index (χ3n) is 2.72. The van der Waals surface area contributed by atoms with Gasteiger partial charge in [-0.05, 0) is 26.3 Å². The van der Waals surface area contributed by atoms with E-state index in [9.17, 15) is 0 Å². The lowest BCUT2D eigenvalue weighted by molar-refractivity contribution is 0.111. The Hall–Kier alpha value is -0.520. The SMILES string of the molecule is CCC(NC)c1nnc(C2CCCO2)s1. The first-order chi connectivity index (χ1) is 7.35. The highest BCUT2D eigenvalue weighted by atomic mass is 32.1. The molecule has 1 N–H and O–H groups in total. The summed E-state index contributed by atoms with van der Waals surface area (Å²) in [5.41, 5.74) is 0. The Bertz CT molecular complexity index is 289. The normalized spacial score (nSPS) is 23.2. The Labute approximate surface area is 94.1 Å². The molecule has 1 aliphatic heterocycles. The van der Waals surface area contributed by atoms with Crippen LogP contribution >= 0.6 is 11.3 Å². The van der Waals surface area contributed by atoms with Gasteiger partial charge in [-0.2, -0.15) is 0 Å². The summed E-state index contributed by atoms with van der Waals surface area (Å²) < 4.78 is 5.59. The van der Waals surface area contributed by atoms with E-state index in [4.69, 9.17) is 4.74 Å². The standard InChI is InChI=1S/C10H17N3OS/c1-3-7(11-2)9-12-13-10(15-9)8-5-4-6-14-8/h7-8,11H,3-6H2,1-2H3. The molecule has 0 spiro atoms. The van der Waals surface area contributed by atoms with Gasteiger partial charge >= 0.3 is 0 Å². The monoisotopic (exact) mass is 227 g/mol. The quantitative estimate of drug-likeness (QED) is 0.855. The summed E-state index contributed by atoms with van der Waals surface area (Å²) in [5.74, 6) is 0. The van der Waals surface area contributed by atoms with Crippen LogP contribution < -0.4 is 5.32 Å². The molecule has 0 saturated carbocycles. The maximum atomic E-state index is 5.59. The van der Waals surface area contributed by atoms with E-state index in [1.807, 2.05) is 7.05 Å². The highest BCUT2D eigenvalue weighted by molar-refractivity contribution is 7.11. The van der Waals surface area contributed by atoms with Gasteiger partial charge in [0.25, 0.3) is 0 Å². The van der Waals surface area contributed by atoms with Crippen molar-refractivity contribution in [3.63, 3.8) is 0 Å². The molecule has 1 fully saturated rings. The summed E-state index contributed by atoms with van der Waals surface area (Å²) in [6.07, 6.45) is 3.47. The lowest BCUT2D eigenvalue weighted by atomic mass is 10.2. The lowest BCUT2D eigenvalue weighted by Gasteiger charge is -2.08. The summed E-state index contributed by atoms with van der Waals surface area (Å²) in [7, 11) is 1.96. The molecule has 0 aromatic carbocycles. The van der Waals surface area contributed by atoms with E-state index < -0.39 is 0 Å². The van der Waals surface area contributed by atoms with Crippen LogP contribution in [0.4, 0.5) is 0 Å².